The molecule has 4 atom stereocenters. The molecule has 1 unspecified atom stereocenters. The Hall–Kier alpha value is -0.570. The molecule has 3 fully saturated rings. The van der Waals surface area contributed by atoms with Crippen molar-refractivity contribution in [3.8, 4) is 0 Å². The van der Waals surface area contributed by atoms with Crippen LogP contribution >= 0.6 is 0 Å². The Labute approximate surface area is 109 Å². The smallest absolute Gasteiger partial charge is 0.125 e. The molecule has 18 heavy (non-hydrogen) atoms. The third-order valence-corrected chi connectivity index (χ3v) is 7.07. The molecular formula is C15H23NO2. The van der Waals surface area contributed by atoms with Gasteiger partial charge in [0.25, 0.3) is 0 Å². The lowest BCUT2D eigenvalue weighted by Crippen LogP contribution is -2.37. The van der Waals surface area contributed by atoms with Crippen LogP contribution in [0.25, 0.3) is 0 Å². The molecule has 0 amide bonds. The highest BCUT2D eigenvalue weighted by Crippen LogP contribution is 2.90. The zero-order chi connectivity index (χ0) is 12.8. The van der Waals surface area contributed by atoms with E-state index >= 15 is 0 Å². The van der Waals surface area contributed by atoms with E-state index in [0.717, 1.165) is 25.9 Å². The number of nitrogens with zero attached hydrogens (tertiary/aromatic N) is 1. The van der Waals surface area contributed by atoms with Crippen molar-refractivity contribution in [2.75, 3.05) is 6.61 Å². The summed E-state index contributed by atoms with van der Waals surface area (Å²) in [6.07, 6.45) is 5.55. The van der Waals surface area contributed by atoms with Gasteiger partial charge >= 0.3 is 0 Å². The lowest BCUT2D eigenvalue weighted by Gasteiger charge is -2.34. The Bertz CT molecular complexity index is 453. The molecule has 0 bridgehead atoms. The summed E-state index contributed by atoms with van der Waals surface area (Å²) in [4.78, 5) is 5.41. The maximum absolute atomic E-state index is 11.0. The van der Waals surface area contributed by atoms with E-state index in [9.17, 15) is 5.11 Å². The van der Waals surface area contributed by atoms with Crippen LogP contribution in [0.5, 0.6) is 0 Å². The summed E-state index contributed by atoms with van der Waals surface area (Å²) in [7, 11) is 0. The molecule has 0 saturated heterocycles. The second-order valence-corrected chi connectivity index (χ2v) is 7.57. The van der Waals surface area contributed by atoms with Crippen LogP contribution < -0.4 is 0 Å². The Morgan fingerprint density at radius 3 is 2.78 bits per heavy atom. The summed E-state index contributed by atoms with van der Waals surface area (Å²) in [5.74, 6) is 0.516. The van der Waals surface area contributed by atoms with Crippen LogP contribution in [0.2, 0.25) is 0 Å². The van der Waals surface area contributed by atoms with Crippen LogP contribution in [-0.2, 0) is 4.84 Å². The number of aliphatic hydroxyl groups is 1. The fraction of sp³-hybridized carbons (Fsp3) is 0.933. The number of fused-ring (bicyclic) bond motifs is 1. The fourth-order valence-electron chi connectivity index (χ4n) is 6.44. The molecule has 1 N–H and O–H groups in total. The number of rotatable bonds is 0. The summed E-state index contributed by atoms with van der Waals surface area (Å²) in [5.41, 5.74) is 1.11. The van der Waals surface area contributed by atoms with Gasteiger partial charge in [0.1, 0.15) is 6.61 Å². The SMILES string of the molecule is CC1(C)[C@@]23CCCC4CON=C4[C@@]12CC[C@@]3(C)O. The zero-order valence-corrected chi connectivity index (χ0v) is 11.6. The molecule has 4 aliphatic rings. The summed E-state index contributed by atoms with van der Waals surface area (Å²) in [6.45, 7) is 7.50. The third kappa shape index (κ3) is 0.799. The highest BCUT2D eigenvalue weighted by atomic mass is 16.6. The maximum atomic E-state index is 11.0. The van der Waals surface area contributed by atoms with E-state index in [4.69, 9.17) is 4.84 Å². The quantitative estimate of drug-likeness (QED) is 0.717. The van der Waals surface area contributed by atoms with Crippen molar-refractivity contribution in [3.63, 3.8) is 0 Å². The van der Waals surface area contributed by atoms with Crippen molar-refractivity contribution >= 4 is 5.71 Å². The molecule has 1 heterocycles. The van der Waals surface area contributed by atoms with Crippen molar-refractivity contribution in [2.45, 2.75) is 58.5 Å². The normalized spacial score (nSPS) is 55.8. The van der Waals surface area contributed by atoms with Gasteiger partial charge in [-0.1, -0.05) is 25.4 Å². The van der Waals surface area contributed by atoms with E-state index in [0.29, 0.717) is 5.92 Å². The molecule has 0 aromatic heterocycles. The topological polar surface area (TPSA) is 41.8 Å². The molecule has 0 spiro atoms. The van der Waals surface area contributed by atoms with Gasteiger partial charge in [-0.3, -0.25) is 0 Å². The molecule has 4 rings (SSSR count). The minimum absolute atomic E-state index is 0.0499. The average molecular weight is 249 g/mol. The predicted molar refractivity (Wildman–Crippen MR) is 69.2 cm³/mol. The largest absolute Gasteiger partial charge is 0.395 e. The van der Waals surface area contributed by atoms with Crippen molar-refractivity contribution in [1.82, 2.24) is 0 Å². The van der Waals surface area contributed by atoms with Gasteiger partial charge < -0.3 is 9.94 Å². The Morgan fingerprint density at radius 1 is 1.22 bits per heavy atom. The zero-order valence-electron chi connectivity index (χ0n) is 11.6. The van der Waals surface area contributed by atoms with Gasteiger partial charge in [-0.05, 0) is 38.0 Å². The first-order valence-corrected chi connectivity index (χ1v) is 7.33. The van der Waals surface area contributed by atoms with Crippen LogP contribution in [0.15, 0.2) is 5.16 Å². The summed E-state index contributed by atoms with van der Waals surface area (Å²) in [6, 6.07) is 0. The molecule has 0 aromatic carbocycles. The Kier molecular flexibility index (Phi) is 1.75. The van der Waals surface area contributed by atoms with Crippen LogP contribution in [0, 0.1) is 22.2 Å². The number of hydrogen-bond acceptors (Lipinski definition) is 3. The van der Waals surface area contributed by atoms with Crippen LogP contribution in [0.3, 0.4) is 0 Å². The highest BCUT2D eigenvalue weighted by Gasteiger charge is 2.91. The van der Waals surface area contributed by atoms with E-state index in [1.165, 1.54) is 18.6 Å². The van der Waals surface area contributed by atoms with Gasteiger partial charge in [-0.25, -0.2) is 0 Å². The van der Waals surface area contributed by atoms with Crippen molar-refractivity contribution in [3.05, 3.63) is 0 Å². The monoisotopic (exact) mass is 249 g/mol. The molecule has 3 saturated carbocycles. The molecule has 3 nitrogen and oxygen atoms in total. The first-order valence-electron chi connectivity index (χ1n) is 7.33. The lowest BCUT2D eigenvalue weighted by molar-refractivity contribution is -0.0313. The first kappa shape index (κ1) is 11.3. The van der Waals surface area contributed by atoms with Gasteiger partial charge in [0.15, 0.2) is 0 Å². The van der Waals surface area contributed by atoms with Crippen molar-refractivity contribution in [1.29, 1.82) is 0 Å². The van der Waals surface area contributed by atoms with Gasteiger partial charge in [-0.15, -0.1) is 0 Å². The van der Waals surface area contributed by atoms with Crippen molar-refractivity contribution in [2.24, 2.45) is 27.3 Å². The van der Waals surface area contributed by atoms with E-state index in [1.54, 1.807) is 0 Å². The van der Waals surface area contributed by atoms with Gasteiger partial charge in [0, 0.05) is 16.7 Å². The number of hydrogen-bond donors (Lipinski definition) is 1. The molecule has 3 aliphatic carbocycles. The van der Waals surface area contributed by atoms with Crippen LogP contribution in [0.1, 0.15) is 52.9 Å². The summed E-state index contributed by atoms with van der Waals surface area (Å²) < 4.78 is 0. The minimum Gasteiger partial charge on any atom is -0.395 e. The second kappa shape index (κ2) is 2.79. The Morgan fingerprint density at radius 2 is 2.00 bits per heavy atom. The van der Waals surface area contributed by atoms with E-state index in [2.05, 4.69) is 25.9 Å². The minimum atomic E-state index is -0.531. The van der Waals surface area contributed by atoms with E-state index < -0.39 is 5.60 Å². The van der Waals surface area contributed by atoms with Crippen LogP contribution in [0.4, 0.5) is 0 Å². The van der Waals surface area contributed by atoms with Crippen LogP contribution in [-0.4, -0.2) is 23.0 Å². The average Bonchev–Trinajstić information content (AvgIpc) is 2.62. The van der Waals surface area contributed by atoms with E-state index in [-0.39, 0.29) is 16.2 Å². The molecule has 1 aliphatic heterocycles. The Balaban J connectivity index is 1.93. The predicted octanol–water partition coefficient (Wildman–Crippen LogP) is 2.73. The summed E-state index contributed by atoms with van der Waals surface area (Å²) >= 11 is 0. The third-order valence-electron chi connectivity index (χ3n) is 7.07. The highest BCUT2D eigenvalue weighted by molar-refractivity contribution is 5.99. The summed E-state index contributed by atoms with van der Waals surface area (Å²) in [5, 5.41) is 15.4. The lowest BCUT2D eigenvalue weighted by atomic mass is 9.75. The van der Waals surface area contributed by atoms with Crippen molar-refractivity contribution < 1.29 is 9.94 Å². The molecular weight excluding hydrogens is 226 g/mol. The fourth-order valence-corrected chi connectivity index (χ4v) is 6.44. The van der Waals surface area contributed by atoms with Gasteiger partial charge in [0.05, 0.1) is 11.3 Å². The number of oxime groups is 1. The molecule has 0 aromatic rings. The standard InChI is InChI=1S/C15H23NO2/c1-12(2)14-8-7-13(3,17)15(12,14)6-4-5-10-9-18-16-11(10)14/h10,17H,4-9H2,1-3H3/t10?,13-,14+,15-/m1/s1. The molecule has 100 valence electrons. The van der Waals surface area contributed by atoms with Gasteiger partial charge in [0.2, 0.25) is 0 Å². The molecule has 3 heteroatoms. The van der Waals surface area contributed by atoms with Gasteiger partial charge in [-0.2, -0.15) is 0 Å². The second-order valence-electron chi connectivity index (χ2n) is 7.57. The first-order chi connectivity index (χ1) is 8.41. The maximum Gasteiger partial charge on any atom is 0.125 e. The molecule has 0 radical (unpaired) electrons. The van der Waals surface area contributed by atoms with E-state index in [1.807, 2.05) is 0 Å².